The smallest absolute Gasteiger partial charge is 0.277 e. The van der Waals surface area contributed by atoms with Crippen LogP contribution in [0.25, 0.3) is 0 Å². The molecule has 10 nitrogen and oxygen atoms in total. The van der Waals surface area contributed by atoms with Crippen molar-refractivity contribution in [2.24, 2.45) is 0 Å². The van der Waals surface area contributed by atoms with E-state index in [2.05, 4.69) is 20.6 Å². The second-order valence-electron chi connectivity index (χ2n) is 6.54. The summed E-state index contributed by atoms with van der Waals surface area (Å²) in [6.07, 6.45) is 1.99. The number of thioether (sulfide) groups is 1. The number of amides is 2. The van der Waals surface area contributed by atoms with E-state index in [1.54, 1.807) is 24.3 Å². The quantitative estimate of drug-likeness (QED) is 0.356. The molecule has 1 saturated heterocycles. The minimum atomic E-state index is -0.605. The number of hydrogen-bond acceptors (Lipinski definition) is 8. The molecule has 160 valence electrons. The van der Waals surface area contributed by atoms with Gasteiger partial charge in [0.1, 0.15) is 11.4 Å². The molecule has 1 atom stereocenters. The molecule has 1 aliphatic heterocycles. The third kappa shape index (κ3) is 5.74. The number of anilines is 2. The van der Waals surface area contributed by atoms with Crippen LogP contribution in [0.15, 0.2) is 34.2 Å². The van der Waals surface area contributed by atoms with Crippen LogP contribution < -0.4 is 26.7 Å². The van der Waals surface area contributed by atoms with Crippen LogP contribution in [-0.4, -0.2) is 53.9 Å². The summed E-state index contributed by atoms with van der Waals surface area (Å²) < 4.78 is 10.5. The van der Waals surface area contributed by atoms with Gasteiger partial charge in [0, 0.05) is 18.7 Å². The van der Waals surface area contributed by atoms with Crippen LogP contribution in [0.5, 0.6) is 5.75 Å². The van der Waals surface area contributed by atoms with Crippen molar-refractivity contribution in [1.29, 1.82) is 0 Å². The molecule has 5 N–H and O–H groups in total. The molecule has 3 rings (SSSR count). The van der Waals surface area contributed by atoms with Crippen molar-refractivity contribution in [3.05, 3.63) is 40.2 Å². The number of H-pyrrole nitrogens is 1. The van der Waals surface area contributed by atoms with Gasteiger partial charge in [0.05, 0.1) is 19.0 Å². The van der Waals surface area contributed by atoms with Crippen LogP contribution >= 0.6 is 11.8 Å². The van der Waals surface area contributed by atoms with Gasteiger partial charge in [-0.1, -0.05) is 11.8 Å². The SMILES string of the molecule is COc1ccc(C(=O)Nc2c(N)nc(SCC(=O)NC[C@@H]3CCCO3)[nH]c2=O)cc1. The van der Waals surface area contributed by atoms with Crippen molar-refractivity contribution >= 4 is 35.1 Å². The number of nitrogens with zero attached hydrogens (tertiary/aromatic N) is 1. The molecule has 1 aliphatic rings. The Morgan fingerprint density at radius 1 is 1.37 bits per heavy atom. The standard InChI is InChI=1S/C19H23N5O5S/c1-28-12-6-4-11(5-7-12)17(26)22-15-16(20)23-19(24-18(15)27)30-10-14(25)21-9-13-3-2-8-29-13/h4-7,13H,2-3,8-10H2,1H3,(H,21,25)(H,22,26)(H3,20,23,24,27)/t13-/m0/s1. The van der Waals surface area contributed by atoms with Crippen LogP contribution in [0.2, 0.25) is 0 Å². The molecular weight excluding hydrogens is 410 g/mol. The average molecular weight is 433 g/mol. The number of benzene rings is 1. The number of ether oxygens (including phenoxy) is 2. The molecule has 11 heteroatoms. The van der Waals surface area contributed by atoms with Crippen molar-refractivity contribution < 1.29 is 19.1 Å². The fourth-order valence-corrected chi connectivity index (χ4v) is 3.50. The van der Waals surface area contributed by atoms with E-state index in [0.29, 0.717) is 17.9 Å². The number of aromatic nitrogens is 2. The van der Waals surface area contributed by atoms with Crippen LogP contribution in [0, 0.1) is 0 Å². The van der Waals surface area contributed by atoms with Gasteiger partial charge in [-0.2, -0.15) is 0 Å². The molecule has 1 aromatic carbocycles. The lowest BCUT2D eigenvalue weighted by Gasteiger charge is -2.11. The number of nitrogens with one attached hydrogen (secondary N) is 3. The molecule has 0 spiro atoms. The van der Waals surface area contributed by atoms with Gasteiger partial charge in [0.15, 0.2) is 11.0 Å². The lowest BCUT2D eigenvalue weighted by atomic mass is 10.2. The number of carbonyl (C=O) groups is 2. The highest BCUT2D eigenvalue weighted by atomic mass is 32.2. The van der Waals surface area contributed by atoms with Crippen LogP contribution in [0.3, 0.4) is 0 Å². The Balaban J connectivity index is 1.56. The third-order valence-corrected chi connectivity index (χ3v) is 5.28. The summed E-state index contributed by atoms with van der Waals surface area (Å²) in [5.74, 6) is -0.180. The van der Waals surface area contributed by atoms with E-state index in [1.807, 2.05) is 0 Å². The van der Waals surface area contributed by atoms with E-state index in [9.17, 15) is 14.4 Å². The van der Waals surface area contributed by atoms with Crippen molar-refractivity contribution in [2.75, 3.05) is 37.1 Å². The zero-order valence-electron chi connectivity index (χ0n) is 16.4. The Hall–Kier alpha value is -3.05. The van der Waals surface area contributed by atoms with E-state index in [-0.39, 0.29) is 34.4 Å². The lowest BCUT2D eigenvalue weighted by Crippen LogP contribution is -2.33. The first kappa shape index (κ1) is 21.7. The molecule has 30 heavy (non-hydrogen) atoms. The minimum Gasteiger partial charge on any atom is -0.497 e. The molecule has 0 saturated carbocycles. The maximum absolute atomic E-state index is 12.3. The lowest BCUT2D eigenvalue weighted by molar-refractivity contribution is -0.119. The summed E-state index contributed by atoms with van der Waals surface area (Å²) in [5, 5.41) is 5.44. The van der Waals surface area contributed by atoms with Crippen LogP contribution in [0.4, 0.5) is 11.5 Å². The Morgan fingerprint density at radius 3 is 2.77 bits per heavy atom. The summed E-state index contributed by atoms with van der Waals surface area (Å²) >= 11 is 1.04. The molecular formula is C19H23N5O5S. The number of aromatic amines is 1. The molecule has 2 amide bonds. The van der Waals surface area contributed by atoms with Gasteiger partial charge in [-0.25, -0.2) is 4.98 Å². The monoisotopic (exact) mass is 433 g/mol. The predicted octanol–water partition coefficient (Wildman–Crippen LogP) is 1.00. The normalized spacial score (nSPS) is 15.6. The molecule has 1 fully saturated rings. The largest absolute Gasteiger partial charge is 0.497 e. The van der Waals surface area contributed by atoms with E-state index >= 15 is 0 Å². The van der Waals surface area contributed by atoms with Gasteiger partial charge in [0.25, 0.3) is 11.5 Å². The Bertz CT molecular complexity index is 957. The number of rotatable bonds is 8. The summed E-state index contributed by atoms with van der Waals surface area (Å²) in [4.78, 5) is 43.2. The first-order chi connectivity index (χ1) is 14.5. The average Bonchev–Trinajstić information content (AvgIpc) is 3.27. The Kier molecular flexibility index (Phi) is 7.31. The zero-order chi connectivity index (χ0) is 21.5. The number of methoxy groups -OCH3 is 1. The third-order valence-electron chi connectivity index (χ3n) is 4.41. The van der Waals surface area contributed by atoms with Crippen molar-refractivity contribution in [3.8, 4) is 5.75 Å². The number of nitrogen functional groups attached to an aromatic ring is 1. The fraction of sp³-hybridized carbons (Fsp3) is 0.368. The van der Waals surface area contributed by atoms with E-state index in [0.717, 1.165) is 31.2 Å². The van der Waals surface area contributed by atoms with Gasteiger partial charge in [0.2, 0.25) is 5.91 Å². The van der Waals surface area contributed by atoms with Crippen LogP contribution in [0.1, 0.15) is 23.2 Å². The van der Waals surface area contributed by atoms with E-state index in [1.165, 1.54) is 7.11 Å². The van der Waals surface area contributed by atoms with E-state index < -0.39 is 11.5 Å². The number of carbonyl (C=O) groups excluding carboxylic acids is 2. The second-order valence-corrected chi connectivity index (χ2v) is 7.51. The summed E-state index contributed by atoms with van der Waals surface area (Å²) in [6, 6.07) is 6.38. The molecule has 2 aromatic rings. The highest BCUT2D eigenvalue weighted by Gasteiger charge is 2.17. The first-order valence-corrected chi connectivity index (χ1v) is 10.3. The highest BCUT2D eigenvalue weighted by molar-refractivity contribution is 7.99. The first-order valence-electron chi connectivity index (χ1n) is 9.32. The fourth-order valence-electron chi connectivity index (χ4n) is 2.80. The summed E-state index contributed by atoms with van der Waals surface area (Å²) in [5.41, 5.74) is 5.42. The molecule has 0 bridgehead atoms. The maximum Gasteiger partial charge on any atom is 0.277 e. The van der Waals surface area contributed by atoms with Crippen LogP contribution in [-0.2, 0) is 9.53 Å². The highest BCUT2D eigenvalue weighted by Crippen LogP contribution is 2.18. The number of nitrogens with two attached hydrogens (primary N) is 1. The molecule has 0 unspecified atom stereocenters. The molecule has 0 aliphatic carbocycles. The topological polar surface area (TPSA) is 148 Å². The van der Waals surface area contributed by atoms with Gasteiger partial charge in [-0.15, -0.1) is 0 Å². The molecule has 2 heterocycles. The van der Waals surface area contributed by atoms with E-state index in [4.69, 9.17) is 15.2 Å². The maximum atomic E-state index is 12.3. The number of hydrogen-bond donors (Lipinski definition) is 4. The summed E-state index contributed by atoms with van der Waals surface area (Å²) in [6.45, 7) is 1.18. The van der Waals surface area contributed by atoms with Gasteiger partial charge in [-0.3, -0.25) is 19.4 Å². The Labute approximate surface area is 176 Å². The summed E-state index contributed by atoms with van der Waals surface area (Å²) in [7, 11) is 1.52. The van der Waals surface area contributed by atoms with Gasteiger partial charge >= 0.3 is 0 Å². The molecule has 0 radical (unpaired) electrons. The molecule has 1 aromatic heterocycles. The van der Waals surface area contributed by atoms with Gasteiger partial charge in [-0.05, 0) is 37.1 Å². The van der Waals surface area contributed by atoms with Crippen molar-refractivity contribution in [3.63, 3.8) is 0 Å². The minimum absolute atomic E-state index is 0.0566. The second kappa shape index (κ2) is 10.1. The van der Waals surface area contributed by atoms with Crippen molar-refractivity contribution in [1.82, 2.24) is 15.3 Å². The van der Waals surface area contributed by atoms with Crippen molar-refractivity contribution in [2.45, 2.75) is 24.1 Å². The zero-order valence-corrected chi connectivity index (χ0v) is 17.2. The Morgan fingerprint density at radius 2 is 2.13 bits per heavy atom. The van der Waals surface area contributed by atoms with Gasteiger partial charge < -0.3 is 25.8 Å². The predicted molar refractivity (Wildman–Crippen MR) is 113 cm³/mol.